The SMILES string of the molecule is CI.COc1cc([C@@H](C)CC2CC[C@H](c3ccc(S(=O)(=O)NCCO)cc3)C2)ccc1F. The zero-order valence-corrected chi connectivity index (χ0v) is 21.8. The van der Waals surface area contributed by atoms with Crippen molar-refractivity contribution in [2.45, 2.75) is 49.3 Å². The molecule has 0 radical (unpaired) electrons. The summed E-state index contributed by atoms with van der Waals surface area (Å²) >= 11 is 2.15. The van der Waals surface area contributed by atoms with E-state index in [2.05, 4.69) is 34.2 Å². The van der Waals surface area contributed by atoms with Crippen LogP contribution >= 0.6 is 22.6 Å². The molecule has 32 heavy (non-hydrogen) atoms. The summed E-state index contributed by atoms with van der Waals surface area (Å²) < 4.78 is 45.4. The standard InChI is InChI=1S/C23H30FNO4S.CH3I/c1-16(19-7-10-22(24)23(15-19)29-2)13-17-3-4-20(14-17)18-5-8-21(9-6-18)30(27,28)25-11-12-26;1-2/h5-10,15-17,20,25-26H,3-4,11-14H2,1-2H3;1H3/t16-,17?,20-;/m0./s1. The number of sulfonamides is 1. The zero-order valence-electron chi connectivity index (χ0n) is 18.9. The third-order valence-electron chi connectivity index (χ3n) is 6.04. The van der Waals surface area contributed by atoms with E-state index in [0.29, 0.717) is 17.8 Å². The van der Waals surface area contributed by atoms with Crippen LogP contribution in [-0.4, -0.2) is 38.7 Å². The first kappa shape index (κ1) is 27.0. The van der Waals surface area contributed by atoms with E-state index in [1.807, 2.05) is 23.1 Å². The maximum Gasteiger partial charge on any atom is 0.240 e. The minimum absolute atomic E-state index is 0.00645. The first-order valence-electron chi connectivity index (χ1n) is 10.8. The molecule has 0 amide bonds. The normalized spacial score (nSPS) is 19.2. The lowest BCUT2D eigenvalue weighted by molar-refractivity contribution is 0.301. The van der Waals surface area contributed by atoms with Gasteiger partial charge in [-0.25, -0.2) is 17.5 Å². The van der Waals surface area contributed by atoms with Gasteiger partial charge >= 0.3 is 0 Å². The van der Waals surface area contributed by atoms with Gasteiger partial charge in [0.05, 0.1) is 18.6 Å². The first-order valence-corrected chi connectivity index (χ1v) is 14.4. The predicted molar refractivity (Wildman–Crippen MR) is 135 cm³/mol. The molecule has 1 aliphatic carbocycles. The summed E-state index contributed by atoms with van der Waals surface area (Å²) in [4.78, 5) is 2.19. The number of rotatable bonds is 9. The number of nitrogens with one attached hydrogen (secondary N) is 1. The van der Waals surface area contributed by atoms with Gasteiger partial charge in [0, 0.05) is 6.54 Å². The Bertz CT molecular complexity index is 953. The molecular weight excluding hydrogens is 544 g/mol. The first-order chi connectivity index (χ1) is 15.3. The monoisotopic (exact) mass is 577 g/mol. The number of hydrogen-bond donors (Lipinski definition) is 2. The van der Waals surface area contributed by atoms with Gasteiger partial charge in [-0.05, 0) is 83.8 Å². The highest BCUT2D eigenvalue weighted by Gasteiger charge is 2.28. The maximum absolute atomic E-state index is 13.7. The molecule has 3 atom stereocenters. The Morgan fingerprint density at radius 3 is 2.50 bits per heavy atom. The van der Waals surface area contributed by atoms with E-state index in [1.54, 1.807) is 18.2 Å². The van der Waals surface area contributed by atoms with Crippen LogP contribution in [0.3, 0.4) is 0 Å². The molecule has 1 unspecified atom stereocenters. The second-order valence-electron chi connectivity index (χ2n) is 8.10. The summed E-state index contributed by atoms with van der Waals surface area (Å²) in [5.74, 6) is 1.26. The van der Waals surface area contributed by atoms with Gasteiger partial charge in [0.2, 0.25) is 10.0 Å². The van der Waals surface area contributed by atoms with E-state index in [-0.39, 0.29) is 29.6 Å². The summed E-state index contributed by atoms with van der Waals surface area (Å²) in [6.07, 6.45) is 4.31. The predicted octanol–water partition coefficient (Wildman–Crippen LogP) is 5.23. The lowest BCUT2D eigenvalue weighted by Crippen LogP contribution is -2.26. The number of aliphatic hydroxyl groups excluding tert-OH is 1. The minimum atomic E-state index is -3.58. The molecule has 0 saturated heterocycles. The van der Waals surface area contributed by atoms with Crippen molar-refractivity contribution in [3.8, 4) is 5.75 Å². The van der Waals surface area contributed by atoms with E-state index < -0.39 is 10.0 Å². The van der Waals surface area contributed by atoms with Crippen LogP contribution in [0.5, 0.6) is 5.75 Å². The molecule has 1 aliphatic rings. The molecule has 8 heteroatoms. The number of methoxy groups -OCH3 is 1. The molecule has 2 aromatic rings. The van der Waals surface area contributed by atoms with Gasteiger partial charge in [0.15, 0.2) is 11.6 Å². The van der Waals surface area contributed by atoms with Crippen molar-refractivity contribution in [1.82, 2.24) is 4.72 Å². The fraction of sp³-hybridized carbons (Fsp3) is 0.500. The van der Waals surface area contributed by atoms with Crippen molar-refractivity contribution in [1.29, 1.82) is 0 Å². The van der Waals surface area contributed by atoms with Gasteiger partial charge in [-0.1, -0.05) is 47.7 Å². The Morgan fingerprint density at radius 1 is 1.19 bits per heavy atom. The number of benzene rings is 2. The molecule has 0 bridgehead atoms. The summed E-state index contributed by atoms with van der Waals surface area (Å²) in [5, 5.41) is 8.81. The van der Waals surface area contributed by atoms with Crippen LogP contribution in [0.15, 0.2) is 47.4 Å². The van der Waals surface area contributed by atoms with E-state index >= 15 is 0 Å². The van der Waals surface area contributed by atoms with Crippen molar-refractivity contribution in [2.24, 2.45) is 5.92 Å². The highest BCUT2D eigenvalue weighted by Crippen LogP contribution is 2.42. The molecule has 2 aromatic carbocycles. The molecule has 0 heterocycles. The van der Waals surface area contributed by atoms with Crippen LogP contribution in [-0.2, 0) is 10.0 Å². The molecule has 3 rings (SSSR count). The van der Waals surface area contributed by atoms with Gasteiger partial charge in [-0.2, -0.15) is 0 Å². The van der Waals surface area contributed by atoms with E-state index in [4.69, 9.17) is 9.84 Å². The quantitative estimate of drug-likeness (QED) is 0.316. The Hall–Kier alpha value is -1.23. The maximum atomic E-state index is 13.7. The second kappa shape index (κ2) is 12.9. The molecule has 0 aliphatic heterocycles. The number of halogens is 2. The van der Waals surface area contributed by atoms with Gasteiger partial charge in [-0.3, -0.25) is 0 Å². The number of hydrogen-bond acceptors (Lipinski definition) is 4. The Balaban J connectivity index is 0.00000176. The average molecular weight is 578 g/mol. The summed E-state index contributed by atoms with van der Waals surface area (Å²) in [6, 6.07) is 12.2. The van der Waals surface area contributed by atoms with Crippen LogP contribution in [0.25, 0.3) is 0 Å². The molecule has 178 valence electrons. The van der Waals surface area contributed by atoms with E-state index in [9.17, 15) is 12.8 Å². The Morgan fingerprint density at radius 2 is 1.88 bits per heavy atom. The molecular formula is C24H33FINO4S. The molecule has 0 spiro atoms. The summed E-state index contributed by atoms with van der Waals surface area (Å²) in [7, 11) is -2.10. The average Bonchev–Trinajstić information content (AvgIpc) is 3.28. The van der Waals surface area contributed by atoms with Crippen molar-refractivity contribution < 1.29 is 22.7 Å². The van der Waals surface area contributed by atoms with E-state index in [0.717, 1.165) is 36.8 Å². The lowest BCUT2D eigenvalue weighted by atomic mass is 9.88. The molecule has 2 N–H and O–H groups in total. The number of alkyl halides is 1. The highest BCUT2D eigenvalue weighted by molar-refractivity contribution is 14.1. The smallest absolute Gasteiger partial charge is 0.240 e. The fourth-order valence-electron chi connectivity index (χ4n) is 4.39. The van der Waals surface area contributed by atoms with Crippen LogP contribution in [0.2, 0.25) is 0 Å². The summed E-state index contributed by atoms with van der Waals surface area (Å²) in [5.41, 5.74) is 2.25. The largest absolute Gasteiger partial charge is 0.494 e. The topological polar surface area (TPSA) is 75.6 Å². The third kappa shape index (κ3) is 7.13. The highest BCUT2D eigenvalue weighted by atomic mass is 127. The minimum Gasteiger partial charge on any atom is -0.494 e. The van der Waals surface area contributed by atoms with Gasteiger partial charge in [0.25, 0.3) is 0 Å². The molecule has 1 saturated carbocycles. The fourth-order valence-corrected chi connectivity index (χ4v) is 5.41. The Labute approximate surface area is 205 Å². The number of aliphatic hydroxyl groups is 1. The van der Waals surface area contributed by atoms with Crippen molar-refractivity contribution in [3.05, 3.63) is 59.4 Å². The molecule has 5 nitrogen and oxygen atoms in total. The van der Waals surface area contributed by atoms with Crippen LogP contribution < -0.4 is 9.46 Å². The van der Waals surface area contributed by atoms with Crippen LogP contribution in [0.4, 0.5) is 4.39 Å². The molecule has 0 aromatic heterocycles. The lowest BCUT2D eigenvalue weighted by Gasteiger charge is -2.18. The van der Waals surface area contributed by atoms with E-state index in [1.165, 1.54) is 13.2 Å². The van der Waals surface area contributed by atoms with Crippen LogP contribution in [0, 0.1) is 11.7 Å². The van der Waals surface area contributed by atoms with Gasteiger partial charge < -0.3 is 9.84 Å². The Kier molecular flexibility index (Phi) is 10.9. The van der Waals surface area contributed by atoms with Gasteiger partial charge in [-0.15, -0.1) is 0 Å². The second-order valence-corrected chi connectivity index (χ2v) is 9.86. The van der Waals surface area contributed by atoms with Crippen LogP contribution in [0.1, 0.15) is 55.6 Å². The third-order valence-corrected chi connectivity index (χ3v) is 7.51. The zero-order chi connectivity index (χ0) is 23.7. The van der Waals surface area contributed by atoms with Gasteiger partial charge in [0.1, 0.15) is 0 Å². The van der Waals surface area contributed by atoms with Crippen molar-refractivity contribution >= 4 is 32.6 Å². The van der Waals surface area contributed by atoms with Crippen molar-refractivity contribution in [3.63, 3.8) is 0 Å². The molecule has 1 fully saturated rings. The van der Waals surface area contributed by atoms with Crippen molar-refractivity contribution in [2.75, 3.05) is 25.2 Å². The number of ether oxygens (including phenoxy) is 1. The summed E-state index contributed by atoms with van der Waals surface area (Å²) in [6.45, 7) is 1.94.